The first-order valence-corrected chi connectivity index (χ1v) is 12.9. The van der Waals surface area contributed by atoms with E-state index in [9.17, 15) is 14.7 Å². The van der Waals surface area contributed by atoms with Crippen LogP contribution in [0.1, 0.15) is 52.7 Å². The standard InChI is InChI=1S/C27H31N9O4/c1-15(23-32-18-8-7-16(31-26(28)29)13-20(18)34-23)24-33-19-9-11-36(14-21(19)35-24)27(39)30-10-4-12-40-22-6-3-2-5-17(22)25(37)38/h2-3,5-8,13,15H,4,9-12,14H2,1H3,(H,30,39)(H,32,34)(H,33,35)(H,37,38)(H4,28,29,31). The third-order valence-electron chi connectivity index (χ3n) is 6.67. The number of urea groups is 1. The van der Waals surface area contributed by atoms with Crippen LogP contribution in [0, 0.1) is 0 Å². The monoisotopic (exact) mass is 545 g/mol. The number of H-pyrrole nitrogens is 2. The van der Waals surface area contributed by atoms with E-state index in [0.29, 0.717) is 43.9 Å². The van der Waals surface area contributed by atoms with Gasteiger partial charge in [-0.25, -0.2) is 24.5 Å². The van der Waals surface area contributed by atoms with Crippen molar-refractivity contribution in [2.24, 2.45) is 16.5 Å². The third-order valence-corrected chi connectivity index (χ3v) is 6.67. The van der Waals surface area contributed by atoms with E-state index in [-0.39, 0.29) is 30.1 Å². The molecule has 3 heterocycles. The lowest BCUT2D eigenvalue weighted by atomic mass is 10.1. The number of aromatic nitrogens is 4. The van der Waals surface area contributed by atoms with Crippen LogP contribution in [0.4, 0.5) is 10.5 Å². The number of carbonyl (C=O) groups is 2. The maximum Gasteiger partial charge on any atom is 0.339 e. The van der Waals surface area contributed by atoms with Crippen LogP contribution >= 0.6 is 0 Å². The Bertz CT molecular complexity index is 1570. The molecule has 8 N–H and O–H groups in total. The summed E-state index contributed by atoms with van der Waals surface area (Å²) in [6.07, 6.45) is 1.18. The maximum atomic E-state index is 12.8. The van der Waals surface area contributed by atoms with Gasteiger partial charge in [-0.1, -0.05) is 12.1 Å². The number of imidazole rings is 2. The molecule has 5 rings (SSSR count). The molecule has 0 spiro atoms. The lowest BCUT2D eigenvalue weighted by molar-refractivity contribution is 0.0692. The van der Waals surface area contributed by atoms with Crippen LogP contribution in [0.5, 0.6) is 5.75 Å². The van der Waals surface area contributed by atoms with E-state index >= 15 is 0 Å². The highest BCUT2D eigenvalue weighted by atomic mass is 16.5. The van der Waals surface area contributed by atoms with Crippen molar-refractivity contribution < 1.29 is 19.4 Å². The van der Waals surface area contributed by atoms with Gasteiger partial charge < -0.3 is 41.5 Å². The number of aromatic amines is 2. The molecule has 4 aromatic rings. The largest absolute Gasteiger partial charge is 0.493 e. The smallest absolute Gasteiger partial charge is 0.339 e. The summed E-state index contributed by atoms with van der Waals surface area (Å²) in [6.45, 7) is 3.68. The van der Waals surface area contributed by atoms with Crippen molar-refractivity contribution in [3.63, 3.8) is 0 Å². The van der Waals surface area contributed by atoms with Gasteiger partial charge in [-0.05, 0) is 43.7 Å². The highest BCUT2D eigenvalue weighted by Crippen LogP contribution is 2.27. The Morgan fingerprint density at radius 2 is 1.98 bits per heavy atom. The van der Waals surface area contributed by atoms with Crippen molar-refractivity contribution in [2.45, 2.75) is 32.2 Å². The number of nitrogens with two attached hydrogens (primary N) is 2. The summed E-state index contributed by atoms with van der Waals surface area (Å²) in [5, 5.41) is 12.2. The molecule has 40 heavy (non-hydrogen) atoms. The molecule has 0 saturated heterocycles. The first-order valence-electron chi connectivity index (χ1n) is 12.9. The van der Waals surface area contributed by atoms with E-state index in [1.165, 1.54) is 6.07 Å². The topological polar surface area (TPSA) is 201 Å². The number of nitrogens with one attached hydrogen (secondary N) is 3. The van der Waals surface area contributed by atoms with Crippen LogP contribution in [0.2, 0.25) is 0 Å². The number of guanidine groups is 1. The number of aromatic carboxylic acids is 1. The van der Waals surface area contributed by atoms with E-state index in [4.69, 9.17) is 26.2 Å². The Morgan fingerprint density at radius 1 is 1.18 bits per heavy atom. The summed E-state index contributed by atoms with van der Waals surface area (Å²) in [4.78, 5) is 46.1. The van der Waals surface area contributed by atoms with Gasteiger partial charge in [-0.2, -0.15) is 0 Å². The van der Waals surface area contributed by atoms with Gasteiger partial charge in [0, 0.05) is 19.5 Å². The van der Waals surface area contributed by atoms with Gasteiger partial charge in [0.15, 0.2) is 5.96 Å². The minimum Gasteiger partial charge on any atom is -0.493 e. The molecule has 208 valence electrons. The van der Waals surface area contributed by atoms with Crippen LogP contribution in [-0.4, -0.2) is 67.6 Å². The zero-order valence-corrected chi connectivity index (χ0v) is 22.0. The summed E-state index contributed by atoms with van der Waals surface area (Å²) < 4.78 is 5.59. The lowest BCUT2D eigenvalue weighted by Crippen LogP contribution is -2.43. The molecule has 0 saturated carbocycles. The van der Waals surface area contributed by atoms with Crippen LogP contribution in [-0.2, 0) is 13.0 Å². The molecule has 13 nitrogen and oxygen atoms in total. The summed E-state index contributed by atoms with van der Waals surface area (Å²) >= 11 is 0. The molecule has 0 fully saturated rings. The fourth-order valence-corrected chi connectivity index (χ4v) is 4.60. The zero-order valence-electron chi connectivity index (χ0n) is 22.0. The van der Waals surface area contributed by atoms with Crippen molar-refractivity contribution in [1.29, 1.82) is 0 Å². The maximum absolute atomic E-state index is 12.8. The second-order valence-corrected chi connectivity index (χ2v) is 9.54. The predicted molar refractivity (Wildman–Crippen MR) is 149 cm³/mol. The molecule has 2 aromatic carbocycles. The van der Waals surface area contributed by atoms with E-state index in [1.807, 2.05) is 19.1 Å². The highest BCUT2D eigenvalue weighted by Gasteiger charge is 2.26. The molecule has 0 radical (unpaired) electrons. The number of amides is 2. The fourth-order valence-electron chi connectivity index (χ4n) is 4.60. The minimum absolute atomic E-state index is 0.00972. The van der Waals surface area contributed by atoms with E-state index in [0.717, 1.165) is 34.1 Å². The summed E-state index contributed by atoms with van der Waals surface area (Å²) in [6, 6.07) is 11.8. The molecule has 2 aromatic heterocycles. The number of ether oxygens (including phenoxy) is 1. The van der Waals surface area contributed by atoms with Crippen LogP contribution in [0.15, 0.2) is 47.5 Å². The van der Waals surface area contributed by atoms with Crippen LogP contribution < -0.4 is 21.5 Å². The number of fused-ring (bicyclic) bond motifs is 2. The molecule has 1 aliphatic rings. The van der Waals surface area contributed by atoms with Crippen molar-refractivity contribution in [3.05, 3.63) is 71.1 Å². The van der Waals surface area contributed by atoms with Crippen molar-refractivity contribution in [3.8, 4) is 5.75 Å². The number of carboxylic acid groups (broad SMARTS) is 1. The number of nitrogens with zero attached hydrogens (tertiary/aromatic N) is 4. The molecule has 0 aliphatic carbocycles. The van der Waals surface area contributed by atoms with Gasteiger partial charge in [0.25, 0.3) is 0 Å². The Kier molecular flexibility index (Phi) is 7.53. The second-order valence-electron chi connectivity index (χ2n) is 9.54. The molecule has 2 amide bonds. The lowest BCUT2D eigenvalue weighted by Gasteiger charge is -2.26. The number of aliphatic imine (C=N–C) groups is 1. The number of para-hydroxylation sites is 1. The van der Waals surface area contributed by atoms with Crippen molar-refractivity contribution >= 4 is 34.7 Å². The molecule has 1 unspecified atom stereocenters. The zero-order chi connectivity index (χ0) is 28.2. The normalized spacial score (nSPS) is 13.5. The Hall–Kier alpha value is -5.07. The summed E-state index contributed by atoms with van der Waals surface area (Å²) in [7, 11) is 0. The first kappa shape index (κ1) is 26.5. The van der Waals surface area contributed by atoms with Gasteiger partial charge in [0.1, 0.15) is 23.0 Å². The number of carboxylic acids is 1. The Balaban J connectivity index is 1.15. The number of carbonyl (C=O) groups excluding carboxylic acids is 1. The molecule has 0 bridgehead atoms. The number of rotatable bonds is 9. The fraction of sp³-hybridized carbons (Fsp3) is 0.296. The van der Waals surface area contributed by atoms with Gasteiger partial charge in [-0.15, -0.1) is 0 Å². The predicted octanol–water partition coefficient (Wildman–Crippen LogP) is 2.58. The summed E-state index contributed by atoms with van der Waals surface area (Å²) in [5.74, 6) is 0.663. The molecular formula is C27H31N9O4. The SMILES string of the molecule is CC(c1nc2c([nH]1)CN(C(=O)NCCCOc1ccccc1C(=O)O)CC2)c1nc2ccc(N=C(N)N)cc2[nH]1. The van der Waals surface area contributed by atoms with Gasteiger partial charge in [-0.3, -0.25) is 0 Å². The Labute approximate surface area is 229 Å². The Morgan fingerprint density at radius 3 is 2.77 bits per heavy atom. The quantitative estimate of drug-likeness (QED) is 0.105. The average Bonchev–Trinajstić information content (AvgIpc) is 3.56. The highest BCUT2D eigenvalue weighted by molar-refractivity contribution is 5.90. The number of benzene rings is 2. The van der Waals surface area contributed by atoms with E-state index in [2.05, 4.69) is 20.3 Å². The van der Waals surface area contributed by atoms with E-state index < -0.39 is 5.97 Å². The average molecular weight is 546 g/mol. The van der Waals surface area contributed by atoms with Crippen molar-refractivity contribution in [2.75, 3.05) is 19.7 Å². The number of hydrogen-bond acceptors (Lipinski definition) is 6. The minimum atomic E-state index is -1.04. The third kappa shape index (κ3) is 5.82. The van der Waals surface area contributed by atoms with Gasteiger partial charge >= 0.3 is 12.0 Å². The first-order chi connectivity index (χ1) is 19.3. The molecule has 1 atom stereocenters. The van der Waals surface area contributed by atoms with Crippen molar-refractivity contribution in [1.82, 2.24) is 30.2 Å². The van der Waals surface area contributed by atoms with Crippen LogP contribution in [0.3, 0.4) is 0 Å². The molecule has 1 aliphatic heterocycles. The number of hydrogen-bond donors (Lipinski definition) is 6. The summed E-state index contributed by atoms with van der Waals surface area (Å²) in [5.41, 5.74) is 15.2. The van der Waals surface area contributed by atoms with Crippen LogP contribution in [0.25, 0.3) is 11.0 Å². The van der Waals surface area contributed by atoms with E-state index in [1.54, 1.807) is 29.2 Å². The molecule has 13 heteroatoms. The molecular weight excluding hydrogens is 514 g/mol. The second kappa shape index (κ2) is 11.4. The van der Waals surface area contributed by atoms with Gasteiger partial charge in [0.05, 0.1) is 47.2 Å². The van der Waals surface area contributed by atoms with Gasteiger partial charge in [0.2, 0.25) is 0 Å².